The van der Waals surface area contributed by atoms with Crippen molar-refractivity contribution >= 4 is 28.3 Å². The molecule has 0 radical (unpaired) electrons. The van der Waals surface area contributed by atoms with E-state index < -0.39 is 0 Å². The summed E-state index contributed by atoms with van der Waals surface area (Å²) in [5, 5.41) is 11.8. The quantitative estimate of drug-likeness (QED) is 0.624. The number of hydrogen-bond acceptors (Lipinski definition) is 4. The lowest BCUT2D eigenvalue weighted by Crippen LogP contribution is -1.84. The number of aromatic nitrogens is 1. The van der Waals surface area contributed by atoms with E-state index in [1.165, 1.54) is 6.07 Å². The third kappa shape index (κ3) is 1.65. The molecular weight excluding hydrogens is 259 g/mol. The van der Waals surface area contributed by atoms with Gasteiger partial charge in [0.05, 0.1) is 9.26 Å². The average Bonchev–Trinajstić information content (AvgIpc) is 1.97. The van der Waals surface area contributed by atoms with Gasteiger partial charge >= 0.3 is 0 Å². The second kappa shape index (κ2) is 3.12. The van der Waals surface area contributed by atoms with Crippen molar-refractivity contribution in [2.75, 3.05) is 0 Å². The summed E-state index contributed by atoms with van der Waals surface area (Å²) in [6, 6.07) is 1.49. The molecule has 0 aliphatic heterocycles. The van der Waals surface area contributed by atoms with Crippen LogP contribution in [0.2, 0.25) is 0 Å². The number of aryl methyl sites for hydroxylation is 1. The van der Waals surface area contributed by atoms with Gasteiger partial charge in [0.1, 0.15) is 5.69 Å². The summed E-state index contributed by atoms with van der Waals surface area (Å²) in [6.45, 7) is 1.62. The van der Waals surface area contributed by atoms with E-state index in [-0.39, 0.29) is 11.6 Å². The van der Waals surface area contributed by atoms with E-state index in [1.54, 1.807) is 6.92 Å². The number of halogens is 1. The molecule has 0 aliphatic carbocycles. The highest BCUT2D eigenvalue weighted by Gasteiger charge is 2.05. The van der Waals surface area contributed by atoms with Crippen LogP contribution >= 0.6 is 22.6 Å². The second-order valence-corrected chi connectivity index (χ2v) is 3.15. The second-order valence-electron chi connectivity index (χ2n) is 1.99. The lowest BCUT2D eigenvalue weighted by atomic mass is 10.3. The van der Waals surface area contributed by atoms with E-state index in [2.05, 4.69) is 10.2 Å². The van der Waals surface area contributed by atoms with Crippen molar-refractivity contribution in [1.82, 2.24) is 4.98 Å². The topological polar surface area (TPSA) is 62.6 Å². The van der Waals surface area contributed by atoms with Crippen LogP contribution in [0.1, 0.15) is 5.69 Å². The van der Waals surface area contributed by atoms with Gasteiger partial charge < -0.3 is 5.11 Å². The fourth-order valence-electron chi connectivity index (χ4n) is 0.651. The maximum atomic E-state index is 10.1. The third-order valence-electron chi connectivity index (χ3n) is 1.22. The van der Waals surface area contributed by atoms with Crippen LogP contribution in [0.25, 0.3) is 0 Å². The van der Waals surface area contributed by atoms with Gasteiger partial charge in [-0.25, -0.2) is 4.98 Å². The van der Waals surface area contributed by atoms with Crippen LogP contribution in [0, 0.1) is 15.4 Å². The monoisotopic (exact) mass is 264 g/mol. The van der Waals surface area contributed by atoms with Crippen molar-refractivity contribution in [3.8, 4) is 5.88 Å². The molecule has 1 aromatic heterocycles. The Bertz CT molecular complexity index is 301. The Balaban J connectivity index is 3.31. The van der Waals surface area contributed by atoms with Crippen molar-refractivity contribution < 1.29 is 5.11 Å². The molecule has 0 bridgehead atoms. The van der Waals surface area contributed by atoms with Crippen LogP contribution in [0.5, 0.6) is 5.88 Å². The van der Waals surface area contributed by atoms with Crippen LogP contribution in [0.3, 0.4) is 0 Å². The molecule has 11 heavy (non-hydrogen) atoms. The number of hydrogen-bond donors (Lipinski definition) is 1. The first-order chi connectivity index (χ1) is 5.15. The van der Waals surface area contributed by atoms with E-state index >= 15 is 0 Å². The van der Waals surface area contributed by atoms with Gasteiger partial charge in [-0.2, -0.15) is 0 Å². The highest BCUT2D eigenvalue weighted by Crippen LogP contribution is 2.24. The lowest BCUT2D eigenvalue weighted by Gasteiger charge is -1.98. The molecule has 0 saturated heterocycles. The Kier molecular flexibility index (Phi) is 2.38. The zero-order valence-corrected chi connectivity index (χ0v) is 7.86. The number of aromatic hydroxyl groups is 1. The Morgan fingerprint density at radius 3 is 2.91 bits per heavy atom. The fraction of sp³-hybridized carbons (Fsp3) is 0.167. The van der Waals surface area contributed by atoms with E-state index in [9.17, 15) is 4.91 Å². The van der Waals surface area contributed by atoms with Gasteiger partial charge in [0.2, 0.25) is 5.88 Å². The SMILES string of the molecule is Cc1nc(O)c(I)cc1N=O. The first-order valence-corrected chi connectivity index (χ1v) is 3.92. The Morgan fingerprint density at radius 1 is 1.73 bits per heavy atom. The van der Waals surface area contributed by atoms with Crippen molar-refractivity contribution in [3.63, 3.8) is 0 Å². The summed E-state index contributed by atoms with van der Waals surface area (Å²) >= 11 is 1.88. The number of nitrogens with zero attached hydrogens (tertiary/aromatic N) is 2. The number of nitroso groups, excluding NO2 is 1. The molecule has 0 atom stereocenters. The summed E-state index contributed by atoms with van der Waals surface area (Å²) < 4.78 is 0.530. The highest BCUT2D eigenvalue weighted by molar-refractivity contribution is 14.1. The zero-order valence-electron chi connectivity index (χ0n) is 5.71. The van der Waals surface area contributed by atoms with E-state index in [1.807, 2.05) is 22.6 Å². The van der Waals surface area contributed by atoms with Crippen molar-refractivity contribution in [2.24, 2.45) is 5.18 Å². The molecule has 1 aromatic rings. The molecule has 1 rings (SSSR count). The van der Waals surface area contributed by atoms with E-state index in [0.717, 1.165) is 0 Å². The minimum absolute atomic E-state index is 0.0597. The average molecular weight is 264 g/mol. The molecule has 5 heteroatoms. The van der Waals surface area contributed by atoms with Crippen LogP contribution in [0.4, 0.5) is 5.69 Å². The molecule has 4 nitrogen and oxygen atoms in total. The van der Waals surface area contributed by atoms with Gasteiger partial charge in [-0.05, 0) is 40.8 Å². The maximum absolute atomic E-state index is 10.1. The van der Waals surface area contributed by atoms with E-state index in [4.69, 9.17) is 5.11 Å². The van der Waals surface area contributed by atoms with Crippen molar-refractivity contribution in [3.05, 3.63) is 20.2 Å². The van der Waals surface area contributed by atoms with Gasteiger partial charge in [-0.15, -0.1) is 4.91 Å². The minimum Gasteiger partial charge on any atom is -0.493 e. The van der Waals surface area contributed by atoms with Gasteiger partial charge in [-0.3, -0.25) is 0 Å². The van der Waals surface area contributed by atoms with Crippen LogP contribution in [-0.2, 0) is 0 Å². The minimum atomic E-state index is -0.0597. The molecule has 0 amide bonds. The molecule has 1 heterocycles. The van der Waals surface area contributed by atoms with Crippen molar-refractivity contribution in [2.45, 2.75) is 6.92 Å². The first kappa shape index (κ1) is 8.38. The smallest absolute Gasteiger partial charge is 0.224 e. The maximum Gasteiger partial charge on any atom is 0.224 e. The molecule has 1 N–H and O–H groups in total. The first-order valence-electron chi connectivity index (χ1n) is 2.84. The molecule has 0 fully saturated rings. The zero-order chi connectivity index (χ0) is 8.43. The lowest BCUT2D eigenvalue weighted by molar-refractivity contribution is 0.448. The molecular formula is C6H5IN2O2. The molecule has 0 aliphatic rings. The van der Waals surface area contributed by atoms with Gasteiger partial charge in [0, 0.05) is 0 Å². The fourth-order valence-corrected chi connectivity index (χ4v) is 1.07. The predicted molar refractivity (Wildman–Crippen MR) is 48.8 cm³/mol. The highest BCUT2D eigenvalue weighted by atomic mass is 127. The molecule has 0 aromatic carbocycles. The van der Waals surface area contributed by atoms with Crippen LogP contribution in [0.15, 0.2) is 11.2 Å². The third-order valence-corrected chi connectivity index (χ3v) is 2.01. The predicted octanol–water partition coefficient (Wildman–Crippen LogP) is 2.10. The Morgan fingerprint density at radius 2 is 2.36 bits per heavy atom. The van der Waals surface area contributed by atoms with Gasteiger partial charge in [-0.1, -0.05) is 0 Å². The summed E-state index contributed by atoms with van der Waals surface area (Å²) in [6.07, 6.45) is 0. The Hall–Kier alpha value is -0.720. The largest absolute Gasteiger partial charge is 0.493 e. The van der Waals surface area contributed by atoms with Crippen LogP contribution < -0.4 is 0 Å². The normalized spacial score (nSPS) is 9.64. The standard InChI is InChI=1S/C6H5IN2O2/c1-3-5(9-11)2-4(7)6(10)8-3/h2H,1H3,(H,8,10). The van der Waals surface area contributed by atoms with Gasteiger partial charge in [0.25, 0.3) is 0 Å². The summed E-state index contributed by atoms with van der Waals surface area (Å²) in [5.41, 5.74) is 0.713. The molecule has 0 unspecified atom stereocenters. The Labute approximate surface area is 76.8 Å². The van der Waals surface area contributed by atoms with Crippen LogP contribution in [-0.4, -0.2) is 10.1 Å². The summed E-state index contributed by atoms with van der Waals surface area (Å²) in [4.78, 5) is 13.8. The van der Waals surface area contributed by atoms with Gasteiger partial charge in [0.15, 0.2) is 0 Å². The van der Waals surface area contributed by atoms with Crippen molar-refractivity contribution in [1.29, 1.82) is 0 Å². The molecule has 0 saturated carbocycles. The molecule has 58 valence electrons. The van der Waals surface area contributed by atoms with E-state index in [0.29, 0.717) is 9.26 Å². The summed E-state index contributed by atoms with van der Waals surface area (Å²) in [7, 11) is 0. The molecule has 0 spiro atoms. The number of pyridine rings is 1. The summed E-state index contributed by atoms with van der Waals surface area (Å²) in [5.74, 6) is -0.0597. The number of rotatable bonds is 1.